The number of para-hydroxylation sites is 1. The van der Waals surface area contributed by atoms with Crippen LogP contribution >= 0.6 is 11.6 Å². The quantitative estimate of drug-likeness (QED) is 0.140. The smallest absolute Gasteiger partial charge is 0.416 e. The average molecular weight is 590 g/mol. The van der Waals surface area contributed by atoms with Crippen molar-refractivity contribution < 1.29 is 37.2 Å². The number of carbonyl (C=O) groups is 2. The molecule has 9 nitrogen and oxygen atoms in total. The van der Waals surface area contributed by atoms with Crippen LogP contribution in [0.2, 0.25) is 5.02 Å². The van der Waals surface area contributed by atoms with Crippen molar-refractivity contribution >= 4 is 34.7 Å². The molecule has 0 spiro atoms. The Morgan fingerprint density at radius 2 is 1.73 bits per heavy atom. The van der Waals surface area contributed by atoms with E-state index in [4.69, 9.17) is 21.1 Å². The number of hydrogen-bond donors (Lipinski definition) is 0. The van der Waals surface area contributed by atoms with E-state index in [-0.39, 0.29) is 17.9 Å². The van der Waals surface area contributed by atoms with Gasteiger partial charge in [-0.15, -0.1) is 0 Å². The van der Waals surface area contributed by atoms with Crippen molar-refractivity contribution in [1.82, 2.24) is 0 Å². The van der Waals surface area contributed by atoms with Crippen LogP contribution in [0.15, 0.2) is 66.7 Å². The van der Waals surface area contributed by atoms with Crippen LogP contribution in [-0.4, -0.2) is 28.3 Å². The minimum absolute atomic E-state index is 0.195. The first-order chi connectivity index (χ1) is 19.2. The second kappa shape index (κ2) is 12.3. The largest absolute Gasteiger partial charge is 0.456 e. The number of carbonyl (C=O) groups excluding carboxylic acids is 2. The Kier molecular flexibility index (Phi) is 9.24. The molecule has 1 atom stereocenters. The second-order valence-corrected chi connectivity index (χ2v) is 9.32. The monoisotopic (exact) mass is 589 g/mol. The molecule has 0 aliphatic rings. The van der Waals surface area contributed by atoms with Gasteiger partial charge < -0.3 is 14.4 Å². The first-order valence-electron chi connectivity index (χ1n) is 12.1. The van der Waals surface area contributed by atoms with Gasteiger partial charge >= 0.3 is 17.5 Å². The number of ketones is 1. The second-order valence-electron chi connectivity index (χ2n) is 8.91. The zero-order chi connectivity index (χ0) is 30.5. The average Bonchev–Trinajstić information content (AvgIpc) is 2.92. The van der Waals surface area contributed by atoms with E-state index >= 15 is 0 Å². The number of ether oxygens (including phenoxy) is 2. The molecule has 0 aliphatic carbocycles. The number of hydrogen-bond acceptors (Lipinski definition) is 7. The number of amides is 1. The van der Waals surface area contributed by atoms with Crippen molar-refractivity contribution in [3.63, 3.8) is 0 Å². The fraction of sp³-hybridized carbons (Fsp3) is 0.250. The van der Waals surface area contributed by atoms with Crippen molar-refractivity contribution in [1.29, 1.82) is 5.26 Å². The van der Waals surface area contributed by atoms with Gasteiger partial charge in [-0.3, -0.25) is 19.7 Å². The van der Waals surface area contributed by atoms with E-state index in [0.29, 0.717) is 11.8 Å². The maximum absolute atomic E-state index is 13.9. The summed E-state index contributed by atoms with van der Waals surface area (Å²) in [5.41, 5.74) is -4.21. The molecule has 0 saturated carbocycles. The predicted octanol–water partition coefficient (Wildman–Crippen LogP) is 7.12. The third kappa shape index (κ3) is 6.58. The summed E-state index contributed by atoms with van der Waals surface area (Å²) in [7, 11) is 0. The number of benzene rings is 3. The van der Waals surface area contributed by atoms with E-state index in [9.17, 15) is 38.1 Å². The summed E-state index contributed by atoms with van der Waals surface area (Å²) in [6.07, 6.45) is -4.98. The van der Waals surface area contributed by atoms with Gasteiger partial charge in [-0.2, -0.15) is 18.4 Å². The number of Topliss-reactive ketones (excluding diaryl/α,β-unsaturated/α-hetero) is 1. The van der Waals surface area contributed by atoms with Crippen LogP contribution in [0.25, 0.3) is 0 Å². The van der Waals surface area contributed by atoms with Gasteiger partial charge in [-0.05, 0) is 50.2 Å². The van der Waals surface area contributed by atoms with Gasteiger partial charge in [-0.25, -0.2) is 0 Å². The molecule has 3 rings (SSSR count). The Balaban J connectivity index is 2.11. The fourth-order valence-electron chi connectivity index (χ4n) is 3.85. The summed E-state index contributed by atoms with van der Waals surface area (Å²) in [4.78, 5) is 39.2. The Labute approximate surface area is 237 Å². The highest BCUT2D eigenvalue weighted by molar-refractivity contribution is 6.32. The van der Waals surface area contributed by atoms with Crippen molar-refractivity contribution in [2.45, 2.75) is 45.0 Å². The third-order valence-electron chi connectivity index (χ3n) is 5.82. The molecular weight excluding hydrogens is 567 g/mol. The molecule has 1 amide bonds. The summed E-state index contributed by atoms with van der Waals surface area (Å²) < 4.78 is 50.2. The number of alkyl halides is 3. The SMILES string of the molecule is CCC(=O)C(C#N)(Oc1cc(Oc2ccc(C(F)(F)F)cc2Cl)ccc1[N+](=O)[O-])C(=O)N(c1ccccc1)C(C)C. The van der Waals surface area contributed by atoms with Gasteiger partial charge in [0.25, 0.3) is 5.91 Å². The molecular formula is C28H23ClF3N3O6. The third-order valence-corrected chi connectivity index (χ3v) is 6.12. The van der Waals surface area contributed by atoms with Crippen LogP contribution < -0.4 is 14.4 Å². The van der Waals surface area contributed by atoms with E-state index in [1.54, 1.807) is 50.2 Å². The first-order valence-corrected chi connectivity index (χ1v) is 12.5. The number of nitriles is 1. The van der Waals surface area contributed by atoms with Gasteiger partial charge in [0, 0.05) is 30.3 Å². The number of nitro groups is 1. The summed E-state index contributed by atoms with van der Waals surface area (Å²) >= 11 is 5.96. The van der Waals surface area contributed by atoms with E-state index < -0.39 is 56.5 Å². The Bertz CT molecular complexity index is 1510. The summed E-state index contributed by atoms with van der Waals surface area (Å²) in [5.74, 6) is -3.11. The predicted molar refractivity (Wildman–Crippen MR) is 143 cm³/mol. The lowest BCUT2D eigenvalue weighted by atomic mass is 9.94. The molecule has 3 aromatic carbocycles. The van der Waals surface area contributed by atoms with Crippen LogP contribution in [0.4, 0.5) is 24.5 Å². The van der Waals surface area contributed by atoms with Gasteiger partial charge in [0.05, 0.1) is 15.5 Å². The number of nitrogens with zero attached hydrogens (tertiary/aromatic N) is 3. The number of rotatable bonds is 10. The summed E-state index contributed by atoms with van der Waals surface area (Å²) in [6, 6.07) is 14.5. The number of anilines is 1. The molecule has 0 radical (unpaired) electrons. The lowest BCUT2D eigenvalue weighted by Crippen LogP contribution is -2.59. The van der Waals surface area contributed by atoms with Gasteiger partial charge in [0.2, 0.25) is 11.5 Å². The van der Waals surface area contributed by atoms with Crippen LogP contribution in [-0.2, 0) is 15.8 Å². The van der Waals surface area contributed by atoms with Crippen LogP contribution in [0.5, 0.6) is 17.2 Å². The van der Waals surface area contributed by atoms with E-state index in [2.05, 4.69) is 0 Å². The van der Waals surface area contributed by atoms with Crippen molar-refractivity contribution in [3.8, 4) is 23.3 Å². The topological polar surface area (TPSA) is 123 Å². The minimum atomic E-state index is -4.65. The first kappa shape index (κ1) is 30.9. The fourth-order valence-corrected chi connectivity index (χ4v) is 4.07. The Morgan fingerprint density at radius 1 is 1.07 bits per heavy atom. The van der Waals surface area contributed by atoms with Crippen LogP contribution in [0.3, 0.4) is 0 Å². The zero-order valence-electron chi connectivity index (χ0n) is 21.9. The molecule has 41 heavy (non-hydrogen) atoms. The standard InChI is InChI=1S/C28H23ClF3N3O6/c1-4-25(36)27(16-33,26(37)34(17(2)3)19-8-6-5-7-9-19)41-24-15-20(11-12-22(24)35(38)39)40-23-13-10-18(14-21(23)29)28(30,31)32/h5-15,17H,4H2,1-3H3. The molecule has 0 bridgehead atoms. The lowest BCUT2D eigenvalue weighted by molar-refractivity contribution is -0.386. The molecule has 0 heterocycles. The highest BCUT2D eigenvalue weighted by Gasteiger charge is 2.52. The lowest BCUT2D eigenvalue weighted by Gasteiger charge is -2.34. The number of nitro benzene ring substituents is 1. The maximum atomic E-state index is 13.9. The molecule has 214 valence electrons. The van der Waals surface area contributed by atoms with Gasteiger partial charge in [0.1, 0.15) is 17.6 Å². The Morgan fingerprint density at radius 3 is 2.24 bits per heavy atom. The van der Waals surface area contributed by atoms with E-state index in [1.165, 1.54) is 11.8 Å². The molecule has 0 aliphatic heterocycles. The van der Waals surface area contributed by atoms with Gasteiger partial charge in [0.15, 0.2) is 0 Å². The molecule has 0 N–H and O–H groups in total. The molecule has 0 aromatic heterocycles. The molecule has 13 heteroatoms. The normalized spacial score (nSPS) is 12.7. The summed E-state index contributed by atoms with van der Waals surface area (Å²) in [6.45, 7) is 4.69. The van der Waals surface area contributed by atoms with E-state index in [1.807, 2.05) is 0 Å². The number of halogens is 4. The van der Waals surface area contributed by atoms with Gasteiger partial charge in [-0.1, -0.05) is 36.7 Å². The molecule has 0 fully saturated rings. The van der Waals surface area contributed by atoms with Crippen LogP contribution in [0, 0.1) is 21.4 Å². The molecule has 0 saturated heterocycles. The maximum Gasteiger partial charge on any atom is 0.416 e. The zero-order valence-corrected chi connectivity index (χ0v) is 22.7. The minimum Gasteiger partial charge on any atom is -0.456 e. The van der Waals surface area contributed by atoms with Crippen molar-refractivity contribution in [3.05, 3.63) is 87.4 Å². The molecule has 1 unspecified atom stereocenters. The van der Waals surface area contributed by atoms with Crippen molar-refractivity contribution in [2.24, 2.45) is 0 Å². The van der Waals surface area contributed by atoms with Crippen molar-refractivity contribution in [2.75, 3.05) is 4.90 Å². The van der Waals surface area contributed by atoms with E-state index in [0.717, 1.165) is 30.3 Å². The Hall–Kier alpha value is -4.63. The molecule has 3 aromatic rings. The highest BCUT2D eigenvalue weighted by atomic mass is 35.5. The van der Waals surface area contributed by atoms with Crippen LogP contribution in [0.1, 0.15) is 32.8 Å². The summed E-state index contributed by atoms with van der Waals surface area (Å²) in [5, 5.41) is 21.6. The highest BCUT2D eigenvalue weighted by Crippen LogP contribution is 2.40.